The summed E-state index contributed by atoms with van der Waals surface area (Å²) >= 11 is 0. The molecule has 0 bridgehead atoms. The van der Waals surface area contributed by atoms with Crippen LogP contribution in [0.3, 0.4) is 0 Å². The normalized spacial score (nSPS) is 15.4. The summed E-state index contributed by atoms with van der Waals surface area (Å²) in [6.45, 7) is 6.74. The van der Waals surface area contributed by atoms with Gasteiger partial charge in [-0.25, -0.2) is 0 Å². The molecular weight excluding hydrogens is 218 g/mol. The second-order valence-electron chi connectivity index (χ2n) is 4.38. The third-order valence-electron chi connectivity index (χ3n) is 3.13. The van der Waals surface area contributed by atoms with Gasteiger partial charge in [0.05, 0.1) is 11.0 Å². The van der Waals surface area contributed by atoms with Crippen LogP contribution in [-0.4, -0.2) is 30.6 Å². The van der Waals surface area contributed by atoms with Crippen molar-refractivity contribution in [1.29, 1.82) is 0 Å². The summed E-state index contributed by atoms with van der Waals surface area (Å²) in [5.41, 5.74) is 2.05. The van der Waals surface area contributed by atoms with E-state index in [1.54, 1.807) is 12.1 Å². The SMILES string of the molecule is CCN(c1cc(C)cc([N+](=O)[O-])c1)C1CNC1. The molecule has 0 aliphatic carbocycles. The van der Waals surface area contributed by atoms with Gasteiger partial charge < -0.3 is 10.2 Å². The lowest BCUT2D eigenvalue weighted by molar-refractivity contribution is -0.384. The molecule has 0 radical (unpaired) electrons. The zero-order chi connectivity index (χ0) is 12.4. The Hall–Kier alpha value is -1.62. The Bertz CT molecular complexity index is 430. The minimum Gasteiger partial charge on any atom is -0.366 e. The molecule has 1 heterocycles. The minimum atomic E-state index is -0.330. The Morgan fingerprint density at radius 2 is 2.18 bits per heavy atom. The molecule has 1 aliphatic heterocycles. The number of nitrogens with one attached hydrogen (secondary N) is 1. The summed E-state index contributed by atoms with van der Waals surface area (Å²) in [6.07, 6.45) is 0. The van der Waals surface area contributed by atoms with Crippen LogP contribution in [0.5, 0.6) is 0 Å². The van der Waals surface area contributed by atoms with Gasteiger partial charge in [-0.15, -0.1) is 0 Å². The summed E-state index contributed by atoms with van der Waals surface area (Å²) in [5, 5.41) is 14.1. The minimum absolute atomic E-state index is 0.172. The Morgan fingerprint density at radius 3 is 2.65 bits per heavy atom. The molecule has 1 fully saturated rings. The van der Waals surface area contributed by atoms with Gasteiger partial charge >= 0.3 is 0 Å². The molecular formula is C12H17N3O2. The Kier molecular flexibility index (Phi) is 3.28. The first-order valence-electron chi connectivity index (χ1n) is 5.85. The number of nitrogens with zero attached hydrogens (tertiary/aromatic N) is 2. The van der Waals surface area contributed by atoms with Crippen LogP contribution in [0.1, 0.15) is 12.5 Å². The van der Waals surface area contributed by atoms with Crippen molar-refractivity contribution in [3.8, 4) is 0 Å². The topological polar surface area (TPSA) is 58.4 Å². The third kappa shape index (κ3) is 2.39. The quantitative estimate of drug-likeness (QED) is 0.637. The molecule has 0 spiro atoms. The van der Waals surface area contributed by atoms with E-state index in [0.29, 0.717) is 6.04 Å². The molecule has 0 amide bonds. The van der Waals surface area contributed by atoms with Crippen LogP contribution in [0.15, 0.2) is 18.2 Å². The fourth-order valence-electron chi connectivity index (χ4n) is 2.16. The molecule has 1 aromatic rings. The summed E-state index contributed by atoms with van der Waals surface area (Å²) in [7, 11) is 0. The highest BCUT2D eigenvalue weighted by Gasteiger charge is 2.24. The highest BCUT2D eigenvalue weighted by Crippen LogP contribution is 2.25. The molecule has 1 saturated heterocycles. The van der Waals surface area contributed by atoms with E-state index in [2.05, 4.69) is 17.1 Å². The number of nitro groups is 1. The number of hydrogen-bond donors (Lipinski definition) is 1. The second-order valence-corrected chi connectivity index (χ2v) is 4.38. The van der Waals surface area contributed by atoms with E-state index in [9.17, 15) is 10.1 Å². The van der Waals surface area contributed by atoms with E-state index in [1.807, 2.05) is 13.0 Å². The number of hydrogen-bond acceptors (Lipinski definition) is 4. The molecule has 17 heavy (non-hydrogen) atoms. The lowest BCUT2D eigenvalue weighted by atomic mass is 10.1. The van der Waals surface area contributed by atoms with E-state index in [-0.39, 0.29) is 10.6 Å². The number of rotatable bonds is 4. The molecule has 92 valence electrons. The van der Waals surface area contributed by atoms with Gasteiger partial charge in [-0.3, -0.25) is 10.1 Å². The summed E-state index contributed by atoms with van der Waals surface area (Å²) in [4.78, 5) is 12.7. The maximum atomic E-state index is 10.8. The third-order valence-corrected chi connectivity index (χ3v) is 3.13. The van der Waals surface area contributed by atoms with Crippen molar-refractivity contribution < 1.29 is 4.92 Å². The summed E-state index contributed by atoms with van der Waals surface area (Å²) in [5.74, 6) is 0. The van der Waals surface area contributed by atoms with Gasteiger partial charge in [0.1, 0.15) is 0 Å². The smallest absolute Gasteiger partial charge is 0.271 e. The Labute approximate surface area is 101 Å². The lowest BCUT2D eigenvalue weighted by Gasteiger charge is -2.39. The van der Waals surface area contributed by atoms with Gasteiger partial charge in [0, 0.05) is 37.5 Å². The molecule has 1 N–H and O–H groups in total. The van der Waals surface area contributed by atoms with Crippen molar-refractivity contribution >= 4 is 11.4 Å². The highest BCUT2D eigenvalue weighted by atomic mass is 16.6. The predicted octanol–water partition coefficient (Wildman–Crippen LogP) is 1.70. The molecule has 0 unspecified atom stereocenters. The van der Waals surface area contributed by atoms with Gasteiger partial charge in [-0.1, -0.05) is 0 Å². The number of aryl methyl sites for hydroxylation is 1. The number of anilines is 1. The molecule has 0 atom stereocenters. The van der Waals surface area contributed by atoms with Gasteiger partial charge in [0.15, 0.2) is 0 Å². The molecule has 1 aromatic carbocycles. The second kappa shape index (κ2) is 4.71. The Morgan fingerprint density at radius 1 is 1.47 bits per heavy atom. The number of nitro benzene ring substituents is 1. The molecule has 2 rings (SSSR count). The Balaban J connectivity index is 2.32. The van der Waals surface area contributed by atoms with E-state index in [1.165, 1.54) is 0 Å². The zero-order valence-electron chi connectivity index (χ0n) is 10.1. The number of likely N-dealkylation sites (N-methyl/N-ethyl adjacent to an activating group) is 1. The van der Waals surface area contributed by atoms with Crippen molar-refractivity contribution in [1.82, 2.24) is 5.32 Å². The number of benzene rings is 1. The van der Waals surface area contributed by atoms with Crippen molar-refractivity contribution in [3.05, 3.63) is 33.9 Å². The lowest BCUT2D eigenvalue weighted by Crippen LogP contribution is -2.57. The zero-order valence-corrected chi connectivity index (χ0v) is 10.1. The van der Waals surface area contributed by atoms with Crippen molar-refractivity contribution in [2.24, 2.45) is 0 Å². The van der Waals surface area contributed by atoms with Crippen LogP contribution < -0.4 is 10.2 Å². The first-order valence-corrected chi connectivity index (χ1v) is 5.85. The average Bonchev–Trinajstić information content (AvgIpc) is 2.21. The van der Waals surface area contributed by atoms with Crippen LogP contribution in [0.25, 0.3) is 0 Å². The predicted molar refractivity (Wildman–Crippen MR) is 67.5 cm³/mol. The van der Waals surface area contributed by atoms with Gasteiger partial charge in [0.25, 0.3) is 5.69 Å². The number of non-ortho nitro benzene ring substituents is 1. The first-order chi connectivity index (χ1) is 8.11. The maximum Gasteiger partial charge on any atom is 0.271 e. The van der Waals surface area contributed by atoms with Crippen LogP contribution >= 0.6 is 0 Å². The first kappa shape index (κ1) is 11.9. The van der Waals surface area contributed by atoms with Crippen molar-refractivity contribution in [3.63, 3.8) is 0 Å². The largest absolute Gasteiger partial charge is 0.366 e. The standard InChI is InChI=1S/C12H17N3O2/c1-3-14(12-7-13-8-12)10-4-9(2)5-11(6-10)15(16)17/h4-6,12-13H,3,7-8H2,1-2H3. The molecule has 5 nitrogen and oxygen atoms in total. The van der Waals surface area contributed by atoms with Crippen molar-refractivity contribution in [2.45, 2.75) is 19.9 Å². The van der Waals surface area contributed by atoms with Gasteiger partial charge in [0.2, 0.25) is 0 Å². The van der Waals surface area contributed by atoms with E-state index < -0.39 is 0 Å². The van der Waals surface area contributed by atoms with Crippen LogP contribution in [-0.2, 0) is 0 Å². The average molecular weight is 235 g/mol. The van der Waals surface area contributed by atoms with E-state index >= 15 is 0 Å². The molecule has 0 aromatic heterocycles. The van der Waals surface area contributed by atoms with Gasteiger partial charge in [-0.2, -0.15) is 0 Å². The molecule has 0 saturated carbocycles. The van der Waals surface area contributed by atoms with E-state index in [0.717, 1.165) is 30.9 Å². The molecule has 1 aliphatic rings. The fourth-order valence-corrected chi connectivity index (χ4v) is 2.16. The highest BCUT2D eigenvalue weighted by molar-refractivity contribution is 5.56. The van der Waals surface area contributed by atoms with Crippen LogP contribution in [0, 0.1) is 17.0 Å². The summed E-state index contributed by atoms with van der Waals surface area (Å²) < 4.78 is 0. The molecule has 5 heteroatoms. The monoisotopic (exact) mass is 235 g/mol. The van der Waals surface area contributed by atoms with E-state index in [4.69, 9.17) is 0 Å². The fraction of sp³-hybridized carbons (Fsp3) is 0.500. The van der Waals surface area contributed by atoms with Gasteiger partial charge in [-0.05, 0) is 25.5 Å². The summed E-state index contributed by atoms with van der Waals surface area (Å²) in [6, 6.07) is 5.74. The van der Waals surface area contributed by atoms with Crippen LogP contribution in [0.2, 0.25) is 0 Å². The van der Waals surface area contributed by atoms with Crippen molar-refractivity contribution in [2.75, 3.05) is 24.5 Å². The maximum absolute atomic E-state index is 10.8. The van der Waals surface area contributed by atoms with Crippen LogP contribution in [0.4, 0.5) is 11.4 Å².